The quantitative estimate of drug-likeness (QED) is 0.844. The predicted octanol–water partition coefficient (Wildman–Crippen LogP) is 3.83. The van der Waals surface area contributed by atoms with Gasteiger partial charge in [0.1, 0.15) is 5.82 Å². The van der Waals surface area contributed by atoms with Crippen molar-refractivity contribution >= 4 is 28.5 Å². The van der Waals surface area contributed by atoms with E-state index in [9.17, 15) is 9.18 Å². The molecule has 2 aromatic rings. The lowest BCUT2D eigenvalue weighted by Gasteiger charge is -2.17. The van der Waals surface area contributed by atoms with E-state index in [1.807, 2.05) is 12.1 Å². The fraction of sp³-hybridized carbons (Fsp3) is 0.211. The Balaban J connectivity index is 1.52. The molecule has 1 fully saturated rings. The minimum Gasteiger partial charge on any atom is -0.372 e. The number of carbonyl (C=O) groups is 1. The molecule has 2 N–H and O–H groups in total. The van der Waals surface area contributed by atoms with Crippen LogP contribution >= 0.6 is 0 Å². The normalized spacial score (nSPS) is 18.0. The molecule has 0 aliphatic carbocycles. The van der Waals surface area contributed by atoms with Gasteiger partial charge in [-0.15, -0.1) is 0 Å². The number of hydrogen-bond donors (Lipinski definition) is 2. The standard InChI is InChI=1S/C19H18FN3O/c20-13-3-8-16-17(19(24)22-18(16)11-13)12-21-14-4-6-15(7-5-14)23-9-1-2-10-23/h3-8,11-12,21H,1-2,9-10H2,(H,22,24)/b17-12+. The molecule has 2 aliphatic heterocycles. The third kappa shape index (κ3) is 2.73. The van der Waals surface area contributed by atoms with Gasteiger partial charge in [0.05, 0.1) is 11.3 Å². The Morgan fingerprint density at radius 3 is 2.58 bits per heavy atom. The van der Waals surface area contributed by atoms with Crippen LogP contribution in [-0.2, 0) is 4.79 Å². The summed E-state index contributed by atoms with van der Waals surface area (Å²) in [4.78, 5) is 14.4. The van der Waals surface area contributed by atoms with Gasteiger partial charge in [-0.1, -0.05) is 0 Å². The van der Waals surface area contributed by atoms with Gasteiger partial charge >= 0.3 is 0 Å². The molecule has 5 heteroatoms. The van der Waals surface area contributed by atoms with Crippen LogP contribution in [0.1, 0.15) is 18.4 Å². The lowest BCUT2D eigenvalue weighted by molar-refractivity contribution is -0.110. The number of amides is 1. The maximum atomic E-state index is 13.2. The zero-order valence-electron chi connectivity index (χ0n) is 13.2. The van der Waals surface area contributed by atoms with E-state index in [0.717, 1.165) is 18.8 Å². The summed E-state index contributed by atoms with van der Waals surface area (Å²) in [5, 5.41) is 5.83. The first-order valence-corrected chi connectivity index (χ1v) is 8.14. The number of anilines is 3. The van der Waals surface area contributed by atoms with E-state index in [1.54, 1.807) is 12.3 Å². The van der Waals surface area contributed by atoms with E-state index in [-0.39, 0.29) is 11.7 Å². The molecule has 0 radical (unpaired) electrons. The summed E-state index contributed by atoms with van der Waals surface area (Å²) in [6, 6.07) is 12.5. The average molecular weight is 323 g/mol. The summed E-state index contributed by atoms with van der Waals surface area (Å²) >= 11 is 0. The van der Waals surface area contributed by atoms with Crippen molar-refractivity contribution in [3.8, 4) is 0 Å². The van der Waals surface area contributed by atoms with E-state index in [0.29, 0.717) is 16.8 Å². The zero-order valence-corrected chi connectivity index (χ0v) is 13.2. The number of nitrogens with one attached hydrogen (secondary N) is 2. The molecule has 0 unspecified atom stereocenters. The first-order valence-electron chi connectivity index (χ1n) is 8.14. The largest absolute Gasteiger partial charge is 0.372 e. The van der Waals surface area contributed by atoms with Crippen molar-refractivity contribution in [2.75, 3.05) is 28.6 Å². The van der Waals surface area contributed by atoms with Crippen molar-refractivity contribution in [2.45, 2.75) is 12.8 Å². The van der Waals surface area contributed by atoms with Crippen molar-refractivity contribution in [1.29, 1.82) is 0 Å². The predicted molar refractivity (Wildman–Crippen MR) is 94.5 cm³/mol. The Kier molecular flexibility index (Phi) is 3.69. The Labute approximate surface area is 140 Å². The monoisotopic (exact) mass is 323 g/mol. The number of rotatable bonds is 3. The fourth-order valence-corrected chi connectivity index (χ4v) is 3.21. The topological polar surface area (TPSA) is 44.4 Å². The number of fused-ring (bicyclic) bond motifs is 1. The Morgan fingerprint density at radius 2 is 1.83 bits per heavy atom. The van der Waals surface area contributed by atoms with Crippen molar-refractivity contribution < 1.29 is 9.18 Å². The molecule has 2 heterocycles. The molecule has 0 aromatic heterocycles. The van der Waals surface area contributed by atoms with Crippen molar-refractivity contribution in [2.24, 2.45) is 0 Å². The zero-order chi connectivity index (χ0) is 16.5. The van der Waals surface area contributed by atoms with E-state index in [2.05, 4.69) is 27.7 Å². The molecule has 0 atom stereocenters. The Morgan fingerprint density at radius 1 is 1.08 bits per heavy atom. The summed E-state index contributed by atoms with van der Waals surface area (Å²) in [6.45, 7) is 2.23. The van der Waals surface area contributed by atoms with Crippen LogP contribution < -0.4 is 15.5 Å². The number of hydrogen-bond acceptors (Lipinski definition) is 3. The van der Waals surface area contributed by atoms with Gasteiger partial charge < -0.3 is 15.5 Å². The van der Waals surface area contributed by atoms with Crippen LogP contribution in [0.3, 0.4) is 0 Å². The summed E-state index contributed by atoms with van der Waals surface area (Å²) in [7, 11) is 0. The van der Waals surface area contributed by atoms with Gasteiger partial charge in [0, 0.05) is 36.2 Å². The van der Waals surface area contributed by atoms with Crippen LogP contribution in [0.2, 0.25) is 0 Å². The molecular formula is C19H18FN3O. The summed E-state index contributed by atoms with van der Waals surface area (Å²) in [5.41, 5.74) is 3.87. The van der Waals surface area contributed by atoms with Crippen LogP contribution in [-0.4, -0.2) is 19.0 Å². The molecule has 0 saturated carbocycles. The molecule has 24 heavy (non-hydrogen) atoms. The molecule has 2 aromatic carbocycles. The molecule has 0 spiro atoms. The van der Waals surface area contributed by atoms with Crippen LogP contribution in [0.25, 0.3) is 5.57 Å². The maximum Gasteiger partial charge on any atom is 0.257 e. The number of benzene rings is 2. The van der Waals surface area contributed by atoms with Gasteiger partial charge in [0.2, 0.25) is 0 Å². The first kappa shape index (κ1) is 14.8. The van der Waals surface area contributed by atoms with E-state index < -0.39 is 0 Å². The summed E-state index contributed by atoms with van der Waals surface area (Å²) in [6.07, 6.45) is 4.17. The molecule has 0 bridgehead atoms. The van der Waals surface area contributed by atoms with Crippen LogP contribution in [0.5, 0.6) is 0 Å². The average Bonchev–Trinajstić information content (AvgIpc) is 3.21. The second kappa shape index (κ2) is 6.00. The van der Waals surface area contributed by atoms with Crippen LogP contribution in [0.15, 0.2) is 48.7 Å². The third-order valence-electron chi connectivity index (χ3n) is 4.49. The van der Waals surface area contributed by atoms with Gasteiger partial charge in [-0.25, -0.2) is 4.39 Å². The molecule has 122 valence electrons. The van der Waals surface area contributed by atoms with Crippen molar-refractivity contribution in [3.63, 3.8) is 0 Å². The van der Waals surface area contributed by atoms with Gasteiger partial charge in [-0.2, -0.15) is 0 Å². The van der Waals surface area contributed by atoms with Gasteiger partial charge in [0.15, 0.2) is 0 Å². The summed E-state index contributed by atoms with van der Waals surface area (Å²) < 4.78 is 13.2. The molecular weight excluding hydrogens is 305 g/mol. The number of halogens is 1. The number of nitrogens with zero attached hydrogens (tertiary/aromatic N) is 1. The highest BCUT2D eigenvalue weighted by Gasteiger charge is 2.24. The molecule has 4 nitrogen and oxygen atoms in total. The lowest BCUT2D eigenvalue weighted by Crippen LogP contribution is -2.17. The van der Waals surface area contributed by atoms with Crippen molar-refractivity contribution in [1.82, 2.24) is 0 Å². The SMILES string of the molecule is O=C1Nc2cc(F)ccc2/C1=C\Nc1ccc(N2CCCC2)cc1. The van der Waals surface area contributed by atoms with Gasteiger partial charge in [-0.3, -0.25) is 4.79 Å². The third-order valence-corrected chi connectivity index (χ3v) is 4.49. The lowest BCUT2D eigenvalue weighted by atomic mass is 10.1. The second-order valence-electron chi connectivity index (χ2n) is 6.09. The first-order chi connectivity index (χ1) is 11.7. The van der Waals surface area contributed by atoms with E-state index in [1.165, 1.54) is 30.7 Å². The van der Waals surface area contributed by atoms with E-state index >= 15 is 0 Å². The molecule has 4 rings (SSSR count). The van der Waals surface area contributed by atoms with Gasteiger partial charge in [0.25, 0.3) is 5.91 Å². The van der Waals surface area contributed by atoms with Gasteiger partial charge in [-0.05, 0) is 55.3 Å². The van der Waals surface area contributed by atoms with Crippen molar-refractivity contribution in [3.05, 3.63) is 60.0 Å². The molecule has 1 saturated heterocycles. The molecule has 1 amide bonds. The minimum atomic E-state index is -0.360. The molecule has 2 aliphatic rings. The van der Waals surface area contributed by atoms with Crippen LogP contribution in [0, 0.1) is 5.82 Å². The highest BCUT2D eigenvalue weighted by Crippen LogP contribution is 2.32. The van der Waals surface area contributed by atoms with Crippen LogP contribution in [0.4, 0.5) is 21.5 Å². The number of carbonyl (C=O) groups excluding carboxylic acids is 1. The maximum absolute atomic E-state index is 13.2. The second-order valence-corrected chi connectivity index (χ2v) is 6.09. The minimum absolute atomic E-state index is 0.225. The fourth-order valence-electron chi connectivity index (χ4n) is 3.21. The van der Waals surface area contributed by atoms with E-state index in [4.69, 9.17) is 0 Å². The Hall–Kier alpha value is -2.82. The Bertz CT molecular complexity index is 808. The smallest absolute Gasteiger partial charge is 0.257 e. The highest BCUT2D eigenvalue weighted by atomic mass is 19.1. The highest BCUT2D eigenvalue weighted by molar-refractivity contribution is 6.31. The summed E-state index contributed by atoms with van der Waals surface area (Å²) in [5.74, 6) is -0.586.